The predicted octanol–water partition coefficient (Wildman–Crippen LogP) is 9.41. The molecule has 8 aromatic carbocycles. The van der Waals surface area contributed by atoms with Crippen molar-refractivity contribution in [3.8, 4) is 55.9 Å². The first-order valence-electron chi connectivity index (χ1n) is 20.3. The summed E-state index contributed by atoms with van der Waals surface area (Å²) in [6, 6.07) is 58.8. The Bertz CT molecular complexity index is 3180. The first-order valence-corrected chi connectivity index (χ1v) is 20.3. The zero-order valence-electron chi connectivity index (χ0n) is 33.1. The van der Waals surface area contributed by atoms with Gasteiger partial charge in [-0.25, -0.2) is 9.59 Å². The SMILES string of the molecule is O=C(O)c1c2cccc1-c1ccc(cc1)C[n+]1nn(c3ccccc31)-c1ccc(cc1)-c1cccc(c1C(=O)O)-c1ccc(cc1)-n1n[n+](c3ccccc31)Cc1ccc-2cc1. The van der Waals surface area contributed by atoms with E-state index < -0.39 is 11.9 Å². The number of hydrogen-bond acceptors (Lipinski definition) is 4. The molecule has 10 heteroatoms. The van der Waals surface area contributed by atoms with Crippen LogP contribution in [0, 0.1) is 0 Å². The topological polar surface area (TPSA) is 118 Å². The van der Waals surface area contributed by atoms with Crippen LogP contribution >= 0.6 is 0 Å². The quantitative estimate of drug-likeness (QED) is 0.168. The molecule has 0 saturated carbocycles. The monoisotopic (exact) mass is 808 g/mol. The molecule has 296 valence electrons. The second kappa shape index (κ2) is 14.6. The van der Waals surface area contributed by atoms with Crippen molar-refractivity contribution in [3.05, 3.63) is 204 Å². The number of fused-ring (bicyclic) bond motifs is 2. The molecular weight excluding hydrogens is 773 g/mol. The molecule has 10 nitrogen and oxygen atoms in total. The lowest BCUT2D eigenvalue weighted by Crippen LogP contribution is -2.37. The van der Waals surface area contributed by atoms with E-state index in [4.69, 9.17) is 10.4 Å². The maximum atomic E-state index is 13.0. The molecule has 0 fully saturated rings. The Morgan fingerprint density at radius 3 is 1.06 bits per heavy atom. The third-order valence-corrected chi connectivity index (χ3v) is 11.8. The summed E-state index contributed by atoms with van der Waals surface area (Å²) in [5.74, 6) is -2.00. The minimum atomic E-state index is -1.01. The fourth-order valence-electron chi connectivity index (χ4n) is 8.76. The molecule has 0 saturated heterocycles. The smallest absolute Gasteiger partial charge is 0.336 e. The van der Waals surface area contributed by atoms with Crippen LogP contribution in [0.15, 0.2) is 182 Å². The van der Waals surface area contributed by atoms with Gasteiger partial charge in [0.05, 0.1) is 21.6 Å². The molecule has 7 aliphatic rings. The van der Waals surface area contributed by atoms with Gasteiger partial charge >= 0.3 is 11.9 Å². The van der Waals surface area contributed by atoms with E-state index in [1.54, 1.807) is 0 Å². The van der Waals surface area contributed by atoms with Crippen LogP contribution in [0.1, 0.15) is 31.8 Å². The number of carbonyl (C=O) groups is 2. The summed E-state index contributed by atoms with van der Waals surface area (Å²) in [5.41, 5.74) is 13.5. The van der Waals surface area contributed by atoms with E-state index in [0.717, 1.165) is 66.8 Å². The van der Waals surface area contributed by atoms with E-state index in [1.807, 2.05) is 201 Å². The molecule has 62 heavy (non-hydrogen) atoms. The number of aromatic carboxylic acids is 2. The van der Waals surface area contributed by atoms with Crippen LogP contribution in [-0.4, -0.2) is 41.9 Å². The van der Waals surface area contributed by atoms with Crippen LogP contribution in [0.4, 0.5) is 0 Å². The van der Waals surface area contributed by atoms with Crippen molar-refractivity contribution in [1.82, 2.24) is 19.8 Å². The second-order valence-electron chi connectivity index (χ2n) is 15.4. The zero-order chi connectivity index (χ0) is 41.9. The highest BCUT2D eigenvalue weighted by Gasteiger charge is 2.25. The van der Waals surface area contributed by atoms with Crippen molar-refractivity contribution >= 4 is 34.0 Å². The van der Waals surface area contributed by atoms with E-state index >= 15 is 0 Å². The fourth-order valence-corrected chi connectivity index (χ4v) is 8.76. The first kappa shape index (κ1) is 36.6. The summed E-state index contributed by atoms with van der Waals surface area (Å²) >= 11 is 0. The molecule has 0 unspecified atom stereocenters. The lowest BCUT2D eigenvalue weighted by Gasteiger charge is -2.13. The van der Waals surface area contributed by atoms with Gasteiger partial charge in [0.15, 0.2) is 22.4 Å². The summed E-state index contributed by atoms with van der Waals surface area (Å²) in [6.07, 6.45) is 0. The van der Waals surface area contributed by atoms with Crippen LogP contribution in [0.2, 0.25) is 0 Å². The molecule has 0 spiro atoms. The lowest BCUT2D eigenvalue weighted by molar-refractivity contribution is -0.724. The van der Waals surface area contributed by atoms with E-state index in [0.29, 0.717) is 35.3 Å². The number of carboxylic acid groups (broad SMARTS) is 2. The molecule has 0 amide bonds. The normalized spacial score (nSPS) is 12.0. The largest absolute Gasteiger partial charge is 0.478 e. The number of nitrogens with zero attached hydrogens (tertiary/aromatic N) is 6. The molecule has 0 atom stereocenters. The Labute approximate surface area is 355 Å². The van der Waals surface area contributed by atoms with E-state index in [1.165, 1.54) is 0 Å². The summed E-state index contributed by atoms with van der Waals surface area (Å²) in [5, 5.41) is 31.4. The molecule has 10 aromatic rings. The molecule has 9 heterocycles. The Morgan fingerprint density at radius 1 is 0.403 bits per heavy atom. The number of carboxylic acids is 2. The third-order valence-electron chi connectivity index (χ3n) is 11.8. The highest BCUT2D eigenvalue weighted by atomic mass is 16.4. The fraction of sp³-hybridized carbons (Fsp3) is 0.0385. The van der Waals surface area contributed by atoms with Crippen molar-refractivity contribution < 1.29 is 29.2 Å². The number of para-hydroxylation sites is 4. The average molecular weight is 809 g/mol. The van der Waals surface area contributed by atoms with Crippen molar-refractivity contribution in [2.75, 3.05) is 0 Å². The van der Waals surface area contributed by atoms with Crippen molar-refractivity contribution in [1.29, 1.82) is 0 Å². The first-order chi connectivity index (χ1) is 30.4. The van der Waals surface area contributed by atoms with Crippen LogP contribution in [0.3, 0.4) is 0 Å². The van der Waals surface area contributed by atoms with Gasteiger partial charge in [0.2, 0.25) is 11.0 Å². The molecule has 16 bridgehead atoms. The Hall–Kier alpha value is -8.50. The summed E-state index contributed by atoms with van der Waals surface area (Å²) in [4.78, 5) is 26.0. The van der Waals surface area contributed by atoms with Gasteiger partial charge in [-0.05, 0) is 104 Å². The van der Waals surface area contributed by atoms with Gasteiger partial charge in [-0.1, -0.05) is 143 Å². The highest BCUT2D eigenvalue weighted by molar-refractivity contribution is 6.04. The molecule has 0 aliphatic carbocycles. The standard InChI is InChI=1S/C52H34N6O4/c59-51(60)49-41-7-5-8-42(49)36-21-17-34(18-22-36)32-56-46-12-2-4-14-48(46)58(54-56)40-29-25-38(26-30-40)44-10-6-9-43(50(44)52(61)62)37-23-27-39(28-24-37)57-47-13-3-1-11-45(47)55(53-57)31-33-15-19-35(41)20-16-33/h1-30H,31-32H2/p+2. The summed E-state index contributed by atoms with van der Waals surface area (Å²) in [7, 11) is 0. The highest BCUT2D eigenvalue weighted by Crippen LogP contribution is 2.35. The maximum absolute atomic E-state index is 13.0. The van der Waals surface area contributed by atoms with E-state index in [9.17, 15) is 19.8 Å². The number of hydrogen-bond donors (Lipinski definition) is 2. The Kier molecular flexibility index (Phi) is 8.64. The van der Waals surface area contributed by atoms with Crippen molar-refractivity contribution in [3.63, 3.8) is 0 Å². The third kappa shape index (κ3) is 6.20. The Balaban J connectivity index is 1.07. The van der Waals surface area contributed by atoms with E-state index in [2.05, 4.69) is 0 Å². The van der Waals surface area contributed by atoms with Crippen LogP contribution in [0.5, 0.6) is 0 Å². The zero-order valence-corrected chi connectivity index (χ0v) is 33.1. The minimum absolute atomic E-state index is 0.223. The number of benzene rings is 8. The van der Waals surface area contributed by atoms with Crippen LogP contribution in [0.25, 0.3) is 77.9 Å². The van der Waals surface area contributed by atoms with Gasteiger partial charge < -0.3 is 10.2 Å². The molecule has 0 radical (unpaired) electrons. The number of aromatic nitrogens is 6. The number of rotatable bonds is 2. The summed E-state index contributed by atoms with van der Waals surface area (Å²) < 4.78 is 7.69. The van der Waals surface area contributed by atoms with Gasteiger partial charge in [0, 0.05) is 0 Å². The molecule has 7 aliphatic heterocycles. The van der Waals surface area contributed by atoms with Gasteiger partial charge in [-0.2, -0.15) is 0 Å². The lowest BCUT2D eigenvalue weighted by atomic mass is 9.91. The van der Waals surface area contributed by atoms with Gasteiger partial charge in [-0.3, -0.25) is 0 Å². The van der Waals surface area contributed by atoms with E-state index in [-0.39, 0.29) is 11.1 Å². The van der Waals surface area contributed by atoms with Crippen LogP contribution < -0.4 is 9.36 Å². The maximum Gasteiger partial charge on any atom is 0.336 e. The van der Waals surface area contributed by atoms with Crippen molar-refractivity contribution in [2.24, 2.45) is 0 Å². The van der Waals surface area contributed by atoms with Crippen LogP contribution in [-0.2, 0) is 13.1 Å². The minimum Gasteiger partial charge on any atom is -0.478 e. The van der Waals surface area contributed by atoms with Gasteiger partial charge in [0.25, 0.3) is 0 Å². The average Bonchev–Trinajstić information content (AvgIpc) is 3.87. The second-order valence-corrected chi connectivity index (χ2v) is 15.4. The molecule has 17 rings (SSSR count). The van der Waals surface area contributed by atoms with Gasteiger partial charge in [0.1, 0.15) is 13.1 Å². The Morgan fingerprint density at radius 2 is 0.726 bits per heavy atom. The molecule has 2 aromatic heterocycles. The van der Waals surface area contributed by atoms with Gasteiger partial charge in [-0.15, -0.1) is 9.36 Å². The predicted molar refractivity (Wildman–Crippen MR) is 236 cm³/mol. The molecule has 2 N–H and O–H groups in total. The summed E-state index contributed by atoms with van der Waals surface area (Å²) in [6.45, 7) is 0.961. The van der Waals surface area contributed by atoms with Crippen molar-refractivity contribution in [2.45, 2.75) is 13.1 Å². The molecular formula is C52H36N6O4+2.